The summed E-state index contributed by atoms with van der Waals surface area (Å²) in [5.41, 5.74) is 2.66. The molecule has 0 aromatic carbocycles. The molecule has 0 saturated heterocycles. The zero-order valence-electron chi connectivity index (χ0n) is 11.2. The number of nitrogens with zero attached hydrogens (tertiary/aromatic N) is 2. The highest BCUT2D eigenvalue weighted by Crippen LogP contribution is 2.25. The summed E-state index contributed by atoms with van der Waals surface area (Å²) in [6.45, 7) is 2.13. The van der Waals surface area contributed by atoms with E-state index < -0.39 is 0 Å². The van der Waals surface area contributed by atoms with Crippen molar-refractivity contribution in [2.24, 2.45) is 0 Å². The van der Waals surface area contributed by atoms with Gasteiger partial charge in [-0.25, -0.2) is 9.97 Å². The molecular formula is C14H12N2O2S3. The third kappa shape index (κ3) is 3.75. The number of aromatic nitrogens is 2. The molecule has 3 heterocycles. The van der Waals surface area contributed by atoms with Gasteiger partial charge in [0.2, 0.25) is 0 Å². The molecule has 0 spiro atoms. The molecule has 0 saturated carbocycles. The molecule has 21 heavy (non-hydrogen) atoms. The van der Waals surface area contributed by atoms with Crippen LogP contribution in [0.2, 0.25) is 0 Å². The smallest absolute Gasteiger partial charge is 0.312 e. The van der Waals surface area contributed by atoms with E-state index in [-0.39, 0.29) is 19.0 Å². The van der Waals surface area contributed by atoms with Gasteiger partial charge in [-0.15, -0.1) is 22.7 Å². The standard InChI is InChI=1S/C14H12N2O2S3/c1-9-15-11(7-20-9)4-13(17)18-5-12-8-21-14(16-12)10-2-3-19-6-10/h2-3,6-8H,4-5H2,1H3. The first-order chi connectivity index (χ1) is 10.2. The zero-order chi connectivity index (χ0) is 14.7. The Morgan fingerprint density at radius 3 is 2.76 bits per heavy atom. The lowest BCUT2D eigenvalue weighted by Crippen LogP contribution is -2.08. The minimum atomic E-state index is -0.273. The van der Waals surface area contributed by atoms with Crippen LogP contribution in [0.4, 0.5) is 0 Å². The lowest BCUT2D eigenvalue weighted by atomic mass is 10.3. The monoisotopic (exact) mass is 336 g/mol. The van der Waals surface area contributed by atoms with Crippen molar-refractivity contribution in [3.63, 3.8) is 0 Å². The molecule has 7 heteroatoms. The second kappa shape index (κ2) is 6.46. The summed E-state index contributed by atoms with van der Waals surface area (Å²) in [4.78, 5) is 20.5. The number of rotatable bonds is 5. The summed E-state index contributed by atoms with van der Waals surface area (Å²) < 4.78 is 5.24. The molecule has 3 aromatic rings. The number of ether oxygens (including phenoxy) is 1. The fourth-order valence-corrected chi connectivity index (χ4v) is 3.86. The molecule has 0 fully saturated rings. The average molecular weight is 336 g/mol. The average Bonchev–Trinajstić information content (AvgIpc) is 3.17. The Labute approximate surface area is 134 Å². The molecule has 0 radical (unpaired) electrons. The normalized spacial score (nSPS) is 10.7. The van der Waals surface area contributed by atoms with Crippen LogP contribution in [0.3, 0.4) is 0 Å². The van der Waals surface area contributed by atoms with Crippen LogP contribution in [0.1, 0.15) is 16.4 Å². The minimum Gasteiger partial charge on any atom is -0.459 e. The van der Waals surface area contributed by atoms with Gasteiger partial charge in [0.05, 0.1) is 22.8 Å². The SMILES string of the molecule is Cc1nc(CC(=O)OCc2csc(-c3ccsc3)n2)cs1. The number of carbonyl (C=O) groups is 1. The van der Waals surface area contributed by atoms with Crippen molar-refractivity contribution in [3.8, 4) is 10.6 Å². The number of aryl methyl sites for hydroxylation is 1. The van der Waals surface area contributed by atoms with Gasteiger partial charge in [-0.1, -0.05) is 0 Å². The third-order valence-electron chi connectivity index (χ3n) is 2.69. The van der Waals surface area contributed by atoms with Gasteiger partial charge in [0.25, 0.3) is 0 Å². The van der Waals surface area contributed by atoms with E-state index in [0.29, 0.717) is 0 Å². The van der Waals surface area contributed by atoms with Gasteiger partial charge >= 0.3 is 5.97 Å². The summed E-state index contributed by atoms with van der Waals surface area (Å²) in [7, 11) is 0. The second-order valence-electron chi connectivity index (χ2n) is 4.35. The van der Waals surface area contributed by atoms with Crippen molar-refractivity contribution in [2.75, 3.05) is 0 Å². The third-order valence-corrected chi connectivity index (χ3v) is 5.14. The Balaban J connectivity index is 1.54. The molecule has 0 atom stereocenters. The first-order valence-corrected chi connectivity index (χ1v) is 8.94. The Kier molecular flexibility index (Phi) is 4.42. The highest BCUT2D eigenvalue weighted by Gasteiger charge is 2.10. The highest BCUT2D eigenvalue weighted by atomic mass is 32.1. The van der Waals surface area contributed by atoms with Crippen LogP contribution in [0.25, 0.3) is 10.6 Å². The number of thiazole rings is 2. The van der Waals surface area contributed by atoms with Crippen molar-refractivity contribution in [1.82, 2.24) is 9.97 Å². The summed E-state index contributed by atoms with van der Waals surface area (Å²) >= 11 is 4.73. The van der Waals surface area contributed by atoms with Gasteiger partial charge in [-0.05, 0) is 18.4 Å². The van der Waals surface area contributed by atoms with Crippen molar-refractivity contribution in [1.29, 1.82) is 0 Å². The van der Waals surface area contributed by atoms with Gasteiger partial charge in [0, 0.05) is 21.7 Å². The molecule has 0 aliphatic rings. The molecule has 0 aliphatic heterocycles. The fourth-order valence-electron chi connectivity index (χ4n) is 1.73. The maximum Gasteiger partial charge on any atom is 0.312 e. The van der Waals surface area contributed by atoms with Crippen LogP contribution in [-0.2, 0) is 22.6 Å². The second-order valence-corrected chi connectivity index (χ2v) is 7.05. The van der Waals surface area contributed by atoms with Crippen LogP contribution in [0.5, 0.6) is 0 Å². The molecule has 3 rings (SSSR count). The van der Waals surface area contributed by atoms with Gasteiger partial charge in [-0.2, -0.15) is 11.3 Å². The lowest BCUT2D eigenvalue weighted by Gasteiger charge is -2.00. The fraction of sp³-hybridized carbons (Fsp3) is 0.214. The van der Waals surface area contributed by atoms with Crippen LogP contribution in [-0.4, -0.2) is 15.9 Å². The lowest BCUT2D eigenvalue weighted by molar-refractivity contribution is -0.144. The summed E-state index contributed by atoms with van der Waals surface area (Å²) in [5, 5.41) is 9.79. The molecule has 0 aliphatic carbocycles. The van der Waals surface area contributed by atoms with Gasteiger partial charge < -0.3 is 4.74 Å². The first kappa shape index (κ1) is 14.4. The number of hydrogen-bond donors (Lipinski definition) is 0. The quantitative estimate of drug-likeness (QED) is 0.663. The highest BCUT2D eigenvalue weighted by molar-refractivity contribution is 7.14. The number of carbonyl (C=O) groups excluding carboxylic acids is 1. The Bertz CT molecular complexity index is 731. The Morgan fingerprint density at radius 1 is 1.19 bits per heavy atom. The van der Waals surface area contributed by atoms with Crippen molar-refractivity contribution in [2.45, 2.75) is 20.0 Å². The summed E-state index contributed by atoms with van der Waals surface area (Å²) in [6, 6.07) is 2.03. The van der Waals surface area contributed by atoms with Crippen LogP contribution >= 0.6 is 34.0 Å². The Hall–Kier alpha value is -1.57. The summed E-state index contributed by atoms with van der Waals surface area (Å²) in [6.07, 6.45) is 0.214. The predicted octanol–water partition coefficient (Wildman–Crippen LogP) is 3.92. The van der Waals surface area contributed by atoms with E-state index in [1.165, 1.54) is 11.3 Å². The largest absolute Gasteiger partial charge is 0.459 e. The van der Waals surface area contributed by atoms with E-state index in [0.717, 1.165) is 27.0 Å². The van der Waals surface area contributed by atoms with Crippen molar-refractivity contribution < 1.29 is 9.53 Å². The number of hydrogen-bond acceptors (Lipinski definition) is 7. The van der Waals surface area contributed by atoms with Gasteiger partial charge in [0.1, 0.15) is 11.6 Å². The number of thiophene rings is 1. The molecule has 0 bridgehead atoms. The van der Waals surface area contributed by atoms with E-state index >= 15 is 0 Å². The Morgan fingerprint density at radius 2 is 2.05 bits per heavy atom. The topological polar surface area (TPSA) is 52.1 Å². The van der Waals surface area contributed by atoms with Gasteiger partial charge in [-0.3, -0.25) is 4.79 Å². The van der Waals surface area contributed by atoms with E-state index in [9.17, 15) is 4.79 Å². The molecule has 108 valence electrons. The van der Waals surface area contributed by atoms with E-state index in [2.05, 4.69) is 15.3 Å². The van der Waals surface area contributed by atoms with Crippen molar-refractivity contribution >= 4 is 40.0 Å². The van der Waals surface area contributed by atoms with Gasteiger partial charge in [0.15, 0.2) is 0 Å². The molecule has 4 nitrogen and oxygen atoms in total. The van der Waals surface area contributed by atoms with Crippen LogP contribution in [0, 0.1) is 6.92 Å². The van der Waals surface area contributed by atoms with E-state index in [1.54, 1.807) is 22.7 Å². The van der Waals surface area contributed by atoms with Crippen LogP contribution in [0.15, 0.2) is 27.6 Å². The summed E-state index contributed by atoms with van der Waals surface area (Å²) in [5.74, 6) is -0.273. The molecule has 0 unspecified atom stereocenters. The minimum absolute atomic E-state index is 0.211. The van der Waals surface area contributed by atoms with E-state index in [1.807, 2.05) is 29.1 Å². The predicted molar refractivity (Wildman–Crippen MR) is 85.8 cm³/mol. The molecule has 3 aromatic heterocycles. The zero-order valence-corrected chi connectivity index (χ0v) is 13.7. The molecule has 0 amide bonds. The first-order valence-electron chi connectivity index (χ1n) is 6.24. The maximum atomic E-state index is 11.8. The number of esters is 1. The van der Waals surface area contributed by atoms with Crippen LogP contribution < -0.4 is 0 Å². The maximum absolute atomic E-state index is 11.8. The molecular weight excluding hydrogens is 324 g/mol. The van der Waals surface area contributed by atoms with E-state index in [4.69, 9.17) is 4.74 Å². The molecule has 0 N–H and O–H groups in total. The van der Waals surface area contributed by atoms with Crippen molar-refractivity contribution in [3.05, 3.63) is 44.0 Å².